The summed E-state index contributed by atoms with van der Waals surface area (Å²) in [6.07, 6.45) is 4.66. The Labute approximate surface area is 191 Å². The first-order chi connectivity index (χ1) is 15.9. The van der Waals surface area contributed by atoms with E-state index in [1.54, 1.807) is 6.20 Å². The molecule has 4 aromatic rings. The molecule has 0 radical (unpaired) electrons. The number of hydrogen-bond acceptors (Lipinski definition) is 6. The molecule has 2 N–H and O–H groups in total. The fraction of sp³-hybridized carbons (Fsp3) is 0.400. The predicted molar refractivity (Wildman–Crippen MR) is 127 cm³/mol. The lowest BCUT2D eigenvalue weighted by atomic mass is 9.93. The Balaban J connectivity index is 1.44. The third-order valence-corrected chi connectivity index (χ3v) is 6.48. The lowest BCUT2D eigenvalue weighted by Crippen LogP contribution is -2.23. The number of nitrogens with one attached hydrogen (secondary N) is 2. The maximum absolute atomic E-state index is 13.3. The van der Waals surface area contributed by atoms with Gasteiger partial charge in [0.15, 0.2) is 5.82 Å². The van der Waals surface area contributed by atoms with Gasteiger partial charge in [0.1, 0.15) is 11.6 Å². The van der Waals surface area contributed by atoms with E-state index in [1.165, 1.54) is 11.1 Å². The normalized spacial score (nSPS) is 16.2. The summed E-state index contributed by atoms with van der Waals surface area (Å²) in [4.78, 5) is 17.8. The number of pyridine rings is 1. The van der Waals surface area contributed by atoms with Gasteiger partial charge in [0.25, 0.3) is 5.56 Å². The Hall–Kier alpha value is -3.39. The van der Waals surface area contributed by atoms with E-state index < -0.39 is 0 Å². The van der Waals surface area contributed by atoms with E-state index in [1.807, 2.05) is 21.5 Å². The number of benzene rings is 1. The standard InChI is InChI=1S/C25H28N6O2/c1-25(2,3)21-12-23(29-33-21)31-20-11-22(27-14-19(20)24(32)30(31)18-6-7-18)28-17-5-4-16-13-26-9-8-15(16)10-17/h4-5,10-12,14,18,26H,6-9,13H2,1-3H3,(H,27,28). The summed E-state index contributed by atoms with van der Waals surface area (Å²) in [5, 5.41) is 11.7. The molecule has 1 aliphatic carbocycles. The lowest BCUT2D eigenvalue weighted by Gasteiger charge is -2.18. The van der Waals surface area contributed by atoms with E-state index in [0.717, 1.165) is 49.3 Å². The van der Waals surface area contributed by atoms with Crippen molar-refractivity contribution in [3.63, 3.8) is 0 Å². The van der Waals surface area contributed by atoms with Crippen LogP contribution in [0, 0.1) is 0 Å². The minimum atomic E-state index is -0.171. The van der Waals surface area contributed by atoms with Crippen LogP contribution in [-0.4, -0.2) is 26.0 Å². The van der Waals surface area contributed by atoms with Crippen molar-refractivity contribution < 1.29 is 4.52 Å². The highest BCUT2D eigenvalue weighted by Gasteiger charge is 2.31. The molecule has 1 aliphatic heterocycles. The van der Waals surface area contributed by atoms with Gasteiger partial charge >= 0.3 is 0 Å². The molecule has 0 spiro atoms. The molecule has 3 aromatic heterocycles. The highest BCUT2D eigenvalue weighted by molar-refractivity contribution is 5.82. The summed E-state index contributed by atoms with van der Waals surface area (Å²) >= 11 is 0. The lowest BCUT2D eigenvalue weighted by molar-refractivity contribution is 0.326. The summed E-state index contributed by atoms with van der Waals surface area (Å²) < 4.78 is 9.37. The SMILES string of the molecule is CC(C)(C)c1cc(-n2c3cc(Nc4ccc5c(c4)CCNC5)ncc3c(=O)n2C2CC2)no1. The Kier molecular flexibility index (Phi) is 4.48. The molecule has 4 heterocycles. The van der Waals surface area contributed by atoms with E-state index in [4.69, 9.17) is 4.52 Å². The van der Waals surface area contributed by atoms with Crippen LogP contribution in [-0.2, 0) is 18.4 Å². The van der Waals surface area contributed by atoms with Gasteiger partial charge in [0.05, 0.1) is 16.9 Å². The second-order valence-electron chi connectivity index (χ2n) is 10.1. The molecule has 0 amide bonds. The van der Waals surface area contributed by atoms with Crippen LogP contribution in [0.5, 0.6) is 0 Å². The fourth-order valence-electron chi connectivity index (χ4n) is 4.49. The Morgan fingerprint density at radius 1 is 1.15 bits per heavy atom. The molecule has 0 saturated heterocycles. The van der Waals surface area contributed by atoms with Crippen molar-refractivity contribution in [1.82, 2.24) is 24.8 Å². The summed E-state index contributed by atoms with van der Waals surface area (Å²) in [6, 6.07) is 10.5. The van der Waals surface area contributed by atoms with Crippen LogP contribution in [0.3, 0.4) is 0 Å². The highest BCUT2D eigenvalue weighted by atomic mass is 16.5. The second kappa shape index (κ2) is 7.31. The van der Waals surface area contributed by atoms with Crippen molar-refractivity contribution in [3.8, 4) is 5.82 Å². The van der Waals surface area contributed by atoms with Crippen molar-refractivity contribution in [2.45, 2.75) is 58.0 Å². The van der Waals surface area contributed by atoms with Crippen LogP contribution >= 0.6 is 0 Å². The van der Waals surface area contributed by atoms with E-state index in [-0.39, 0.29) is 17.0 Å². The van der Waals surface area contributed by atoms with Crippen molar-refractivity contribution in [2.24, 2.45) is 0 Å². The van der Waals surface area contributed by atoms with Crippen LogP contribution < -0.4 is 16.2 Å². The zero-order valence-electron chi connectivity index (χ0n) is 19.2. The molecule has 8 nitrogen and oxygen atoms in total. The molecule has 33 heavy (non-hydrogen) atoms. The molecular weight excluding hydrogens is 416 g/mol. The summed E-state index contributed by atoms with van der Waals surface area (Å²) in [5.74, 6) is 2.10. The largest absolute Gasteiger partial charge is 0.359 e. The minimum absolute atomic E-state index is 0.0341. The predicted octanol–water partition coefficient (Wildman–Crippen LogP) is 4.20. The van der Waals surface area contributed by atoms with Crippen molar-refractivity contribution in [3.05, 3.63) is 63.8 Å². The van der Waals surface area contributed by atoms with Crippen LogP contribution in [0.15, 0.2) is 45.8 Å². The number of nitrogens with zero attached hydrogens (tertiary/aromatic N) is 4. The fourth-order valence-corrected chi connectivity index (χ4v) is 4.49. The molecular formula is C25H28N6O2. The van der Waals surface area contributed by atoms with Gasteiger partial charge in [-0.15, -0.1) is 0 Å². The molecule has 170 valence electrons. The van der Waals surface area contributed by atoms with Crippen LogP contribution in [0.4, 0.5) is 11.5 Å². The summed E-state index contributed by atoms with van der Waals surface area (Å²) in [7, 11) is 0. The Morgan fingerprint density at radius 3 is 2.76 bits per heavy atom. The van der Waals surface area contributed by atoms with Gasteiger partial charge in [-0.3, -0.25) is 4.79 Å². The Morgan fingerprint density at radius 2 is 2.00 bits per heavy atom. The monoisotopic (exact) mass is 444 g/mol. The molecule has 2 aliphatic rings. The second-order valence-corrected chi connectivity index (χ2v) is 10.1. The van der Waals surface area contributed by atoms with Crippen LogP contribution in [0.25, 0.3) is 16.7 Å². The smallest absolute Gasteiger partial charge is 0.276 e. The number of fused-ring (bicyclic) bond motifs is 2. The van der Waals surface area contributed by atoms with Gasteiger partial charge in [0.2, 0.25) is 0 Å². The van der Waals surface area contributed by atoms with E-state index in [9.17, 15) is 4.79 Å². The van der Waals surface area contributed by atoms with E-state index >= 15 is 0 Å². The topological polar surface area (TPSA) is 89.9 Å². The number of hydrogen-bond donors (Lipinski definition) is 2. The maximum Gasteiger partial charge on any atom is 0.276 e. The van der Waals surface area contributed by atoms with Gasteiger partial charge < -0.3 is 15.2 Å². The average Bonchev–Trinajstić information content (AvgIpc) is 3.42. The minimum Gasteiger partial charge on any atom is -0.359 e. The maximum atomic E-state index is 13.3. The van der Waals surface area contributed by atoms with Crippen molar-refractivity contribution >= 4 is 22.4 Å². The van der Waals surface area contributed by atoms with E-state index in [2.05, 4.69) is 59.7 Å². The van der Waals surface area contributed by atoms with E-state index in [0.29, 0.717) is 17.0 Å². The van der Waals surface area contributed by atoms with Gasteiger partial charge in [-0.25, -0.2) is 14.3 Å². The number of anilines is 2. The first-order valence-corrected chi connectivity index (χ1v) is 11.6. The number of aromatic nitrogens is 4. The molecule has 1 saturated carbocycles. The summed E-state index contributed by atoms with van der Waals surface area (Å²) in [5.41, 5.74) is 4.26. The van der Waals surface area contributed by atoms with Gasteiger partial charge in [-0.2, -0.15) is 0 Å². The molecule has 0 unspecified atom stereocenters. The molecule has 1 fully saturated rings. The molecule has 8 heteroatoms. The van der Waals surface area contributed by atoms with Crippen LogP contribution in [0.2, 0.25) is 0 Å². The van der Waals surface area contributed by atoms with Crippen molar-refractivity contribution in [1.29, 1.82) is 0 Å². The quantitative estimate of drug-likeness (QED) is 0.490. The zero-order valence-corrected chi connectivity index (χ0v) is 19.2. The summed E-state index contributed by atoms with van der Waals surface area (Å²) in [6.45, 7) is 8.16. The number of rotatable bonds is 4. The molecule has 0 bridgehead atoms. The van der Waals surface area contributed by atoms with Gasteiger partial charge in [0, 0.05) is 36.0 Å². The molecule has 6 rings (SSSR count). The van der Waals surface area contributed by atoms with Gasteiger partial charge in [-0.05, 0) is 49.1 Å². The Bertz CT molecular complexity index is 1420. The first-order valence-electron chi connectivity index (χ1n) is 11.6. The van der Waals surface area contributed by atoms with Crippen LogP contribution in [0.1, 0.15) is 56.5 Å². The molecule has 1 aromatic carbocycles. The van der Waals surface area contributed by atoms with Crippen molar-refractivity contribution in [2.75, 3.05) is 11.9 Å². The average molecular weight is 445 g/mol. The molecule has 0 atom stereocenters. The van der Waals surface area contributed by atoms with Gasteiger partial charge in [-0.1, -0.05) is 32.0 Å². The zero-order chi connectivity index (χ0) is 22.7. The third-order valence-electron chi connectivity index (χ3n) is 6.48. The first kappa shape index (κ1) is 20.2. The third kappa shape index (κ3) is 3.54. The highest BCUT2D eigenvalue weighted by Crippen LogP contribution is 2.36.